The average Bonchev–Trinajstić information content (AvgIpc) is 1.70. The number of nitrogens with one attached hydrogen (secondary N) is 6. The van der Waals surface area contributed by atoms with Crippen molar-refractivity contribution in [1.82, 2.24) is 36.8 Å². The lowest BCUT2D eigenvalue weighted by Crippen LogP contribution is -2.44. The Morgan fingerprint density at radius 1 is 0.461 bits per heavy atom. The molecule has 0 aromatic heterocycles. The van der Waals surface area contributed by atoms with E-state index >= 15 is 0 Å². The molecule has 0 aliphatic carbocycles. The van der Waals surface area contributed by atoms with Gasteiger partial charge in [-0.25, -0.2) is 0 Å². The second-order valence-electron chi connectivity index (χ2n) is 23.0. The molecule has 102 heavy (non-hydrogen) atoms. The monoisotopic (exact) mass is 1500 g/mol. The summed E-state index contributed by atoms with van der Waals surface area (Å²) in [6.07, 6.45) is -4.77. The predicted molar refractivity (Wildman–Crippen MR) is 349 cm³/mol. The summed E-state index contributed by atoms with van der Waals surface area (Å²) in [5.74, 6) is -0.938. The van der Waals surface area contributed by atoms with Crippen molar-refractivity contribution in [3.8, 4) is 0 Å². The topological polar surface area (TPSA) is 579 Å². The van der Waals surface area contributed by atoms with Crippen LogP contribution in [0.5, 0.6) is 0 Å². The van der Waals surface area contributed by atoms with Crippen LogP contribution in [-0.4, -0.2) is 325 Å². The lowest BCUT2D eigenvalue weighted by Gasteiger charge is -2.17. The summed E-state index contributed by atoms with van der Waals surface area (Å²) in [7, 11) is 0. The van der Waals surface area contributed by atoms with Crippen molar-refractivity contribution in [3.63, 3.8) is 0 Å². The molecule has 0 radical (unpaired) electrons. The number of aliphatic hydroxyl groups excluding tert-OH is 1. The van der Waals surface area contributed by atoms with Crippen molar-refractivity contribution in [2.45, 2.75) is 191 Å². The number of nitrogens with two attached hydrogens (primary N) is 2. The van der Waals surface area contributed by atoms with E-state index in [1.807, 2.05) is 0 Å². The summed E-state index contributed by atoms with van der Waals surface area (Å²) >= 11 is 4.81. The van der Waals surface area contributed by atoms with Crippen LogP contribution in [0.3, 0.4) is 0 Å². The van der Waals surface area contributed by atoms with Crippen molar-refractivity contribution >= 4 is 34.6 Å². The summed E-state index contributed by atoms with van der Waals surface area (Å²) < 4.78 is 58.4. The molecule has 0 aromatic rings. The first-order valence-electron chi connectivity index (χ1n) is 32.6. The second kappa shape index (κ2) is 49.4. The molecular formula is C56H105ClN14O31. The van der Waals surface area contributed by atoms with Crippen LogP contribution < -0.4 is 43.4 Å². The van der Waals surface area contributed by atoms with Crippen LogP contribution in [0.2, 0.25) is 0 Å². The number of hydrogen-bond acceptors (Lipinski definition) is 38. The Morgan fingerprint density at radius 3 is 1.02 bits per heavy atom. The van der Waals surface area contributed by atoms with Gasteiger partial charge in [0.1, 0.15) is 67.6 Å². The highest BCUT2D eigenvalue weighted by Gasteiger charge is 2.53. The Labute approximate surface area is 593 Å². The average molecular weight is 1510 g/mol. The molecule has 592 valence electrons. The van der Waals surface area contributed by atoms with Crippen molar-refractivity contribution in [1.29, 1.82) is 0 Å². The van der Waals surface area contributed by atoms with Gasteiger partial charge in [0, 0.05) is 52.6 Å². The number of carbonyl (C=O) groups excluding carboxylic acids is 4. The predicted octanol–water partition coefficient (Wildman–Crippen LogP) is -4.10. The second-order valence-corrected chi connectivity index (χ2v) is 23.4. The number of esters is 1. The van der Waals surface area contributed by atoms with E-state index < -0.39 is 91.9 Å². The number of carbonyl (C=O) groups is 4. The summed E-state index contributed by atoms with van der Waals surface area (Å²) in [5, 5.41) is 73.1. The first kappa shape index (κ1) is 91.7. The van der Waals surface area contributed by atoms with Crippen molar-refractivity contribution in [2.75, 3.05) is 145 Å². The van der Waals surface area contributed by atoms with Crippen LogP contribution in [0.4, 0.5) is 0 Å². The van der Waals surface area contributed by atoms with Gasteiger partial charge < -0.3 is 130 Å². The fourth-order valence-corrected chi connectivity index (χ4v) is 11.6. The molecule has 11 N–H and O–H groups in total. The Morgan fingerprint density at radius 2 is 0.755 bits per heavy atom. The van der Waals surface area contributed by atoms with Crippen LogP contribution in [0, 0.1) is 50.6 Å². The SMILES string of the molecule is C.C.CC(=O)OCC(=O)Cl.CCC(=O)NCCN[C@H]1CO[C@H]2[C@@H]1OC[C@H]2O[N+](=O)[O-].CCCN[C@H]1CO[C@H]2[C@@H]1OC[C@H]2O[N+](=O)[O-].CCN(CC)CC.NCCN[C@H]1CO[C@H]2[C@@H]1OC[C@H]2O[N+](=O)[O-].N[C@H]1CO[C@H]2[C@@H]1OC[C@H]2O[N+](=O)[O-].O=C(CO)NCCN[C@H]1CO[C@H]2[C@@H]1OC[C@H]2O[N+](=O)[O-]. The first-order chi connectivity index (χ1) is 47.8. The zero-order valence-electron chi connectivity index (χ0n) is 56.4. The van der Waals surface area contributed by atoms with E-state index in [9.17, 15) is 69.7 Å². The van der Waals surface area contributed by atoms with Gasteiger partial charge in [0.15, 0.2) is 37.1 Å². The minimum absolute atomic E-state index is 0. The smallest absolute Gasteiger partial charge is 0.303 e. The number of ether oxygens (including phenoxy) is 11. The van der Waals surface area contributed by atoms with E-state index in [-0.39, 0.29) is 139 Å². The van der Waals surface area contributed by atoms with Gasteiger partial charge in [-0.05, 0) is 44.2 Å². The number of amides is 2. The van der Waals surface area contributed by atoms with Crippen LogP contribution >= 0.6 is 11.6 Å². The number of halogens is 1. The molecule has 10 aliphatic heterocycles. The zero-order chi connectivity index (χ0) is 73.8. The van der Waals surface area contributed by atoms with Gasteiger partial charge in [-0.1, -0.05) is 49.5 Å². The molecule has 20 atom stereocenters. The molecule has 0 spiro atoms. The third-order valence-electron chi connectivity index (χ3n) is 16.3. The van der Waals surface area contributed by atoms with Gasteiger partial charge >= 0.3 is 5.97 Å². The summed E-state index contributed by atoms with van der Waals surface area (Å²) in [6.45, 7) is 21.4. The third-order valence-corrected chi connectivity index (χ3v) is 16.4. The van der Waals surface area contributed by atoms with Crippen molar-refractivity contribution < 1.29 is 126 Å². The van der Waals surface area contributed by atoms with Crippen LogP contribution in [0.15, 0.2) is 0 Å². The Bertz CT molecular complexity index is 2360. The van der Waals surface area contributed by atoms with Gasteiger partial charge in [-0.2, -0.15) is 0 Å². The Hall–Kier alpha value is -6.35. The summed E-state index contributed by atoms with van der Waals surface area (Å²) in [5.41, 5.74) is 11.0. The molecule has 0 saturated carbocycles. The third kappa shape index (κ3) is 31.1. The van der Waals surface area contributed by atoms with E-state index in [2.05, 4.69) is 93.4 Å². The van der Waals surface area contributed by atoms with E-state index in [4.69, 9.17) is 75.5 Å². The van der Waals surface area contributed by atoms with Crippen LogP contribution in [0.1, 0.15) is 69.2 Å². The first-order valence-corrected chi connectivity index (χ1v) is 33.0. The van der Waals surface area contributed by atoms with Gasteiger partial charge in [0.2, 0.25) is 11.8 Å². The lowest BCUT2D eigenvalue weighted by molar-refractivity contribution is -0.769. The van der Waals surface area contributed by atoms with E-state index in [1.54, 1.807) is 6.92 Å². The number of hydrogen-bond donors (Lipinski definition) is 9. The number of aliphatic hydroxyl groups is 1. The fourth-order valence-electron chi connectivity index (χ4n) is 11.6. The highest BCUT2D eigenvalue weighted by atomic mass is 35.5. The highest BCUT2D eigenvalue weighted by Crippen LogP contribution is 2.33. The molecule has 45 nitrogen and oxygen atoms in total. The molecular weight excluding hydrogens is 1400 g/mol. The maximum Gasteiger partial charge on any atom is 0.303 e. The Kier molecular flexibility index (Phi) is 44.4. The molecule has 0 aromatic carbocycles. The lowest BCUT2D eigenvalue weighted by atomic mass is 10.1. The molecule has 10 aliphatic rings. The van der Waals surface area contributed by atoms with E-state index in [1.165, 1.54) is 26.6 Å². The van der Waals surface area contributed by atoms with E-state index in [0.717, 1.165) is 13.0 Å². The van der Waals surface area contributed by atoms with Crippen LogP contribution in [0.25, 0.3) is 0 Å². The van der Waals surface area contributed by atoms with Crippen molar-refractivity contribution in [3.05, 3.63) is 50.6 Å². The van der Waals surface area contributed by atoms with Gasteiger partial charge in [-0.3, -0.25) is 19.2 Å². The minimum atomic E-state index is -0.842. The summed E-state index contributed by atoms with van der Waals surface area (Å²) in [6, 6.07) is -0.199. The van der Waals surface area contributed by atoms with Crippen LogP contribution in [-0.2, 0) is 95.5 Å². The fraction of sp³-hybridized carbons (Fsp3) is 0.929. The maximum atomic E-state index is 11.1. The molecule has 10 fully saturated rings. The molecule has 10 heterocycles. The molecule has 0 unspecified atom stereocenters. The van der Waals surface area contributed by atoms with E-state index in [0.29, 0.717) is 78.7 Å². The van der Waals surface area contributed by atoms with Gasteiger partial charge in [0.05, 0.1) is 96.3 Å². The number of rotatable bonds is 31. The zero-order valence-corrected chi connectivity index (χ0v) is 57.2. The minimum Gasteiger partial charge on any atom is -0.456 e. The normalized spacial score (nSPS) is 31.0. The van der Waals surface area contributed by atoms with Gasteiger partial charge in [0.25, 0.3) is 30.7 Å². The molecule has 0 bridgehead atoms. The highest BCUT2D eigenvalue weighted by molar-refractivity contribution is 6.64. The molecule has 46 heteroatoms. The quantitative estimate of drug-likeness (QED) is 0.0105. The molecule has 10 saturated heterocycles. The number of fused-ring (bicyclic) bond motifs is 5. The molecule has 10 rings (SSSR count). The van der Waals surface area contributed by atoms with Crippen molar-refractivity contribution in [2.24, 2.45) is 11.5 Å². The largest absolute Gasteiger partial charge is 0.456 e. The maximum absolute atomic E-state index is 11.1. The Balaban J connectivity index is 0.000000413. The summed E-state index contributed by atoms with van der Waals surface area (Å²) in [4.78, 5) is 118. The standard InChI is InChI=1S/C11H19N3O6.C10H17N3O7.C9H16N2O5.C8H15N3O5.C6H10N2O5.C6H15N.C4H5ClO3.2CH4/c1-2-9(15)13-4-3-12-7-5-18-11-8(20-14(16)17)6-19-10(7)11;14-3-8(15)12-2-1-11-6-4-18-10-7(20-13(16)17)5-19-9(6)10;1-2-3-10-6-4-14-9-7(16-11(12)13)5-15-8(6)9;9-1-2-10-5-3-14-8-6(16-11(12)13)4-15-7(5)8;7-3-1-11-6-4(13-8(9)10)2-12-5(3)6;1-4-7(5-2)6-3;1-3(6)8-2-4(5)7;;/h7-8,10-12H,2-6H2,1H3,(H,13,15);6-7,9-11,14H,1-5H2,(H,12,15);6-10H,2-5H2,1H3;5-8,10H,1-4,9H2;3-6H,1-2,7H2;4-6H2,1-3H3;2H2,1H3;2*1H4/t7-,8+,10+,11+;6-,7+,9+,10+;6-,7+,8+,9+;5-,6+,7+,8+;3-,4+,5+,6+;;;;/m00000..../s1. The number of nitrogens with zero attached hydrogens (tertiary/aromatic N) is 6. The molecule has 2 amide bonds. The van der Waals surface area contributed by atoms with Gasteiger partial charge in [-0.15, -0.1) is 50.6 Å².